The highest BCUT2D eigenvalue weighted by atomic mass is 127. The monoisotopic (exact) mass is 378 g/mol. The van der Waals surface area contributed by atoms with Gasteiger partial charge in [-0.15, -0.1) is 0 Å². The molecule has 1 aliphatic heterocycles. The molecule has 4 fully saturated rings. The van der Waals surface area contributed by atoms with Crippen molar-refractivity contribution < 1.29 is 19.1 Å². The van der Waals surface area contributed by atoms with Crippen LogP contribution in [0.1, 0.15) is 32.6 Å². The SMILES string of the molecule is CCC(I)C(=O)OC1CC2CCC1C1COC(=O)C21. The second-order valence-corrected chi connectivity index (χ2v) is 7.41. The highest BCUT2D eigenvalue weighted by Gasteiger charge is 2.56. The quantitative estimate of drug-likeness (QED) is 0.430. The lowest BCUT2D eigenvalue weighted by atomic mass is 9.58. The van der Waals surface area contributed by atoms with Gasteiger partial charge in [0.25, 0.3) is 0 Å². The van der Waals surface area contributed by atoms with E-state index < -0.39 is 0 Å². The maximum absolute atomic E-state index is 11.9. The van der Waals surface area contributed by atoms with Crippen LogP contribution in [0.2, 0.25) is 0 Å². The standard InChI is InChI=1S/C14H19IO4/c1-2-10(15)13(16)19-11-5-7-3-4-8(11)9-6-18-14(17)12(7)9/h7-12H,2-6H2,1H3. The normalized spacial score (nSPS) is 41.6. The average molecular weight is 378 g/mol. The van der Waals surface area contributed by atoms with Crippen molar-refractivity contribution in [2.24, 2.45) is 23.7 Å². The maximum atomic E-state index is 11.9. The van der Waals surface area contributed by atoms with Crippen molar-refractivity contribution in [3.8, 4) is 0 Å². The van der Waals surface area contributed by atoms with E-state index in [1.165, 1.54) is 0 Å². The minimum atomic E-state index is -0.0950. The average Bonchev–Trinajstić information content (AvgIpc) is 2.82. The molecule has 4 nitrogen and oxygen atoms in total. The first-order chi connectivity index (χ1) is 9.11. The van der Waals surface area contributed by atoms with Crippen LogP contribution in [0.3, 0.4) is 0 Å². The third-order valence-corrected chi connectivity index (χ3v) is 6.36. The molecule has 1 saturated heterocycles. The van der Waals surface area contributed by atoms with E-state index in [4.69, 9.17) is 9.47 Å². The van der Waals surface area contributed by atoms with Crippen LogP contribution >= 0.6 is 22.6 Å². The summed E-state index contributed by atoms with van der Waals surface area (Å²) < 4.78 is 10.9. The summed E-state index contributed by atoms with van der Waals surface area (Å²) in [7, 11) is 0. The first-order valence-electron chi connectivity index (χ1n) is 7.13. The summed E-state index contributed by atoms with van der Waals surface area (Å²) >= 11 is 2.14. The van der Waals surface area contributed by atoms with Gasteiger partial charge in [0.15, 0.2) is 0 Å². The van der Waals surface area contributed by atoms with Crippen LogP contribution < -0.4 is 0 Å². The molecule has 4 rings (SSSR count). The Balaban J connectivity index is 1.70. The first kappa shape index (κ1) is 13.6. The molecule has 0 aromatic carbocycles. The molecule has 0 aromatic rings. The molecule has 0 amide bonds. The van der Waals surface area contributed by atoms with Crippen LogP contribution in [-0.4, -0.2) is 28.6 Å². The number of ether oxygens (including phenoxy) is 2. The van der Waals surface area contributed by atoms with Crippen molar-refractivity contribution in [1.82, 2.24) is 0 Å². The zero-order valence-electron chi connectivity index (χ0n) is 11.0. The fraction of sp³-hybridized carbons (Fsp3) is 0.857. The van der Waals surface area contributed by atoms with Crippen molar-refractivity contribution in [2.75, 3.05) is 6.61 Å². The summed E-state index contributed by atoms with van der Waals surface area (Å²) in [5.41, 5.74) is 0. The third-order valence-electron chi connectivity index (χ3n) is 4.97. The number of rotatable bonds is 3. The molecular weight excluding hydrogens is 359 g/mol. The second-order valence-electron chi connectivity index (χ2n) is 5.91. The van der Waals surface area contributed by atoms with Gasteiger partial charge in [-0.05, 0) is 31.6 Å². The topological polar surface area (TPSA) is 52.6 Å². The number of hydrogen-bond donors (Lipinski definition) is 0. The van der Waals surface area contributed by atoms with Crippen molar-refractivity contribution in [2.45, 2.75) is 42.6 Å². The van der Waals surface area contributed by atoms with Crippen molar-refractivity contribution in [1.29, 1.82) is 0 Å². The van der Waals surface area contributed by atoms with Gasteiger partial charge in [0.05, 0.1) is 12.5 Å². The van der Waals surface area contributed by atoms with Gasteiger partial charge in [-0.25, -0.2) is 0 Å². The summed E-state index contributed by atoms with van der Waals surface area (Å²) in [4.78, 5) is 23.7. The molecule has 4 aliphatic rings. The van der Waals surface area contributed by atoms with Gasteiger partial charge in [-0.1, -0.05) is 29.5 Å². The molecule has 5 heteroatoms. The molecule has 6 unspecified atom stereocenters. The third kappa shape index (κ3) is 2.28. The predicted octanol–water partition coefficient (Wildman–Crippen LogP) is 2.33. The van der Waals surface area contributed by atoms with Crippen molar-refractivity contribution in [3.05, 3.63) is 0 Å². The van der Waals surface area contributed by atoms with Crippen LogP contribution in [-0.2, 0) is 19.1 Å². The number of halogens is 1. The molecular formula is C14H19IO4. The Hall–Kier alpha value is -0.330. The lowest BCUT2D eigenvalue weighted by Gasteiger charge is -2.47. The highest BCUT2D eigenvalue weighted by molar-refractivity contribution is 14.1. The van der Waals surface area contributed by atoms with Crippen LogP contribution in [0.25, 0.3) is 0 Å². The van der Waals surface area contributed by atoms with Crippen molar-refractivity contribution >= 4 is 34.5 Å². The fourth-order valence-corrected chi connectivity index (χ4v) is 4.16. The van der Waals surface area contributed by atoms with E-state index in [9.17, 15) is 9.59 Å². The molecule has 0 N–H and O–H groups in total. The van der Waals surface area contributed by atoms with Crippen LogP contribution in [0.5, 0.6) is 0 Å². The molecule has 3 saturated carbocycles. The summed E-state index contributed by atoms with van der Waals surface area (Å²) in [6, 6.07) is 0. The van der Waals surface area contributed by atoms with E-state index in [0.717, 1.165) is 25.7 Å². The Morgan fingerprint density at radius 2 is 2.26 bits per heavy atom. The summed E-state index contributed by atoms with van der Waals surface area (Å²) in [6.45, 7) is 2.52. The van der Waals surface area contributed by atoms with E-state index in [0.29, 0.717) is 18.4 Å². The second kappa shape index (κ2) is 5.22. The Morgan fingerprint density at radius 3 is 3.00 bits per heavy atom. The lowest BCUT2D eigenvalue weighted by Crippen LogP contribution is -2.50. The molecule has 0 radical (unpaired) electrons. The van der Waals surface area contributed by atoms with E-state index in [1.807, 2.05) is 6.92 Å². The molecule has 1 heterocycles. The summed E-state index contributed by atoms with van der Waals surface area (Å²) in [5.74, 6) is 0.928. The zero-order chi connectivity index (χ0) is 13.6. The zero-order valence-corrected chi connectivity index (χ0v) is 13.2. The van der Waals surface area contributed by atoms with Gasteiger partial charge < -0.3 is 9.47 Å². The van der Waals surface area contributed by atoms with E-state index in [-0.39, 0.29) is 33.8 Å². The molecule has 2 bridgehead atoms. The number of hydrogen-bond acceptors (Lipinski definition) is 4. The van der Waals surface area contributed by atoms with Gasteiger partial charge in [0.1, 0.15) is 10.0 Å². The van der Waals surface area contributed by atoms with Gasteiger partial charge in [-0.2, -0.15) is 0 Å². The highest BCUT2D eigenvalue weighted by Crippen LogP contribution is 2.52. The summed E-state index contributed by atoms with van der Waals surface area (Å²) in [6.07, 6.45) is 3.80. The fourth-order valence-electron chi connectivity index (χ4n) is 4.01. The van der Waals surface area contributed by atoms with E-state index in [2.05, 4.69) is 22.6 Å². The molecule has 3 aliphatic carbocycles. The van der Waals surface area contributed by atoms with E-state index >= 15 is 0 Å². The molecule has 19 heavy (non-hydrogen) atoms. The van der Waals surface area contributed by atoms with Gasteiger partial charge >= 0.3 is 11.9 Å². The Morgan fingerprint density at radius 1 is 1.47 bits per heavy atom. The number of carbonyl (C=O) groups is 2. The first-order valence-corrected chi connectivity index (χ1v) is 8.37. The maximum Gasteiger partial charge on any atom is 0.319 e. The van der Waals surface area contributed by atoms with Gasteiger partial charge in [0.2, 0.25) is 0 Å². The van der Waals surface area contributed by atoms with Crippen LogP contribution in [0.4, 0.5) is 0 Å². The molecule has 6 atom stereocenters. The largest absolute Gasteiger partial charge is 0.465 e. The molecule has 0 aromatic heterocycles. The van der Waals surface area contributed by atoms with Crippen molar-refractivity contribution in [3.63, 3.8) is 0 Å². The Labute approximate surface area is 126 Å². The number of cyclic esters (lactones) is 1. The number of fused-ring (bicyclic) bond motifs is 2. The Kier molecular flexibility index (Phi) is 3.75. The van der Waals surface area contributed by atoms with Gasteiger partial charge in [0, 0.05) is 11.8 Å². The predicted molar refractivity (Wildman–Crippen MR) is 76.7 cm³/mol. The summed E-state index contributed by atoms with van der Waals surface area (Å²) in [5, 5.41) is 0. The minimum Gasteiger partial charge on any atom is -0.465 e. The number of esters is 2. The van der Waals surface area contributed by atoms with Crippen LogP contribution in [0.15, 0.2) is 0 Å². The lowest BCUT2D eigenvalue weighted by molar-refractivity contribution is -0.163. The minimum absolute atomic E-state index is 0.00539. The molecule has 106 valence electrons. The number of carbonyl (C=O) groups excluding carboxylic acids is 2. The van der Waals surface area contributed by atoms with E-state index in [1.54, 1.807) is 0 Å². The Bertz CT molecular complexity index is 397. The smallest absolute Gasteiger partial charge is 0.319 e. The molecule has 0 spiro atoms. The van der Waals surface area contributed by atoms with Crippen LogP contribution in [0, 0.1) is 23.7 Å². The van der Waals surface area contributed by atoms with Gasteiger partial charge in [-0.3, -0.25) is 9.59 Å². The number of alkyl halides is 1.